The molecule has 1 amide bonds. The summed E-state index contributed by atoms with van der Waals surface area (Å²) in [6, 6.07) is 9.70. The van der Waals surface area contributed by atoms with Gasteiger partial charge in [0.15, 0.2) is 11.5 Å². The molecule has 2 aromatic rings. The minimum absolute atomic E-state index is 0.0232. The number of hydrogen-bond donors (Lipinski definition) is 1. The number of aromatic nitrogens is 2. The summed E-state index contributed by atoms with van der Waals surface area (Å²) in [5, 5.41) is 7.36. The van der Waals surface area contributed by atoms with E-state index in [9.17, 15) is 4.79 Å². The maximum absolute atomic E-state index is 12.0. The predicted molar refractivity (Wildman–Crippen MR) is 94.9 cm³/mol. The van der Waals surface area contributed by atoms with E-state index in [-0.39, 0.29) is 12.0 Å². The fourth-order valence-electron chi connectivity index (χ4n) is 2.96. The number of carbonyl (C=O) groups is 1. The third-order valence-electron chi connectivity index (χ3n) is 4.23. The van der Waals surface area contributed by atoms with Crippen molar-refractivity contribution in [2.75, 3.05) is 13.2 Å². The Morgan fingerprint density at radius 2 is 2.12 bits per heavy atom. The summed E-state index contributed by atoms with van der Waals surface area (Å²) in [4.78, 5) is 12.0. The van der Waals surface area contributed by atoms with Gasteiger partial charge >= 0.3 is 0 Å². The lowest BCUT2D eigenvalue weighted by molar-refractivity contribution is -0.121. The van der Waals surface area contributed by atoms with Crippen molar-refractivity contribution in [3.05, 3.63) is 41.7 Å². The molecular weight excluding hydrogens is 318 g/mol. The first-order valence-electron chi connectivity index (χ1n) is 8.78. The van der Waals surface area contributed by atoms with E-state index in [4.69, 9.17) is 9.47 Å². The largest absolute Gasteiger partial charge is 0.486 e. The first-order valence-corrected chi connectivity index (χ1v) is 8.78. The van der Waals surface area contributed by atoms with Gasteiger partial charge in [-0.1, -0.05) is 12.1 Å². The summed E-state index contributed by atoms with van der Waals surface area (Å²) in [5.74, 6) is 1.63. The number of benzene rings is 1. The SMILES string of the molecule is Cc1cc(C)n(CCCC(=O)NCCC2COc3ccccc3O2)n1. The van der Waals surface area contributed by atoms with Crippen molar-refractivity contribution in [1.82, 2.24) is 15.1 Å². The zero-order valence-electron chi connectivity index (χ0n) is 14.8. The van der Waals surface area contributed by atoms with E-state index in [1.807, 2.05) is 48.9 Å². The van der Waals surface area contributed by atoms with Gasteiger partial charge in [0, 0.05) is 31.6 Å². The van der Waals surface area contributed by atoms with E-state index in [2.05, 4.69) is 10.4 Å². The molecule has 1 N–H and O–H groups in total. The van der Waals surface area contributed by atoms with Crippen LogP contribution in [0, 0.1) is 13.8 Å². The molecule has 1 unspecified atom stereocenters. The summed E-state index contributed by atoms with van der Waals surface area (Å²) in [5.41, 5.74) is 2.14. The molecule has 1 aliphatic heterocycles. The van der Waals surface area contributed by atoms with Crippen LogP contribution in [-0.4, -0.2) is 34.9 Å². The molecule has 134 valence electrons. The Kier molecular flexibility index (Phi) is 5.58. The molecule has 0 saturated carbocycles. The normalized spacial score (nSPS) is 15.8. The van der Waals surface area contributed by atoms with Crippen LogP contribution in [-0.2, 0) is 11.3 Å². The highest BCUT2D eigenvalue weighted by molar-refractivity contribution is 5.75. The first-order chi connectivity index (χ1) is 12.1. The van der Waals surface area contributed by atoms with Gasteiger partial charge in [-0.05, 0) is 38.5 Å². The Morgan fingerprint density at radius 1 is 1.32 bits per heavy atom. The maximum atomic E-state index is 12.0. The molecule has 0 saturated heterocycles. The molecular formula is C19H25N3O3. The third-order valence-corrected chi connectivity index (χ3v) is 4.23. The van der Waals surface area contributed by atoms with Crippen LogP contribution in [0.2, 0.25) is 0 Å². The van der Waals surface area contributed by atoms with Crippen LogP contribution in [0.3, 0.4) is 0 Å². The molecule has 1 aliphatic rings. The van der Waals surface area contributed by atoms with Gasteiger partial charge in [0.2, 0.25) is 5.91 Å². The van der Waals surface area contributed by atoms with Crippen LogP contribution in [0.25, 0.3) is 0 Å². The summed E-state index contributed by atoms with van der Waals surface area (Å²) < 4.78 is 13.5. The molecule has 1 aromatic heterocycles. The van der Waals surface area contributed by atoms with Crippen molar-refractivity contribution < 1.29 is 14.3 Å². The number of ether oxygens (including phenoxy) is 2. The van der Waals surface area contributed by atoms with Crippen molar-refractivity contribution in [2.45, 2.75) is 45.8 Å². The van der Waals surface area contributed by atoms with Gasteiger partial charge in [-0.25, -0.2) is 0 Å². The first kappa shape index (κ1) is 17.3. The Labute approximate surface area is 148 Å². The molecule has 3 rings (SSSR count). The molecule has 0 fully saturated rings. The highest BCUT2D eigenvalue weighted by atomic mass is 16.6. The molecule has 0 bridgehead atoms. The van der Waals surface area contributed by atoms with Crippen LogP contribution < -0.4 is 14.8 Å². The van der Waals surface area contributed by atoms with E-state index >= 15 is 0 Å². The Morgan fingerprint density at radius 3 is 2.88 bits per heavy atom. The second-order valence-electron chi connectivity index (χ2n) is 6.39. The Bertz CT molecular complexity index is 726. The summed E-state index contributed by atoms with van der Waals surface area (Å²) in [6.07, 6.45) is 2.00. The van der Waals surface area contributed by atoms with E-state index < -0.39 is 0 Å². The van der Waals surface area contributed by atoms with Gasteiger partial charge in [0.05, 0.1) is 5.69 Å². The second kappa shape index (κ2) is 8.05. The molecule has 0 aliphatic carbocycles. The topological polar surface area (TPSA) is 65.4 Å². The number of para-hydroxylation sites is 2. The molecule has 6 nitrogen and oxygen atoms in total. The number of nitrogens with zero attached hydrogens (tertiary/aromatic N) is 2. The highest BCUT2D eigenvalue weighted by Gasteiger charge is 2.20. The van der Waals surface area contributed by atoms with Crippen molar-refractivity contribution in [3.8, 4) is 11.5 Å². The fraction of sp³-hybridized carbons (Fsp3) is 0.474. The van der Waals surface area contributed by atoms with Gasteiger partial charge in [-0.15, -0.1) is 0 Å². The molecule has 25 heavy (non-hydrogen) atoms. The Balaban J connectivity index is 1.32. The zero-order valence-corrected chi connectivity index (χ0v) is 14.8. The minimum atomic E-state index is -0.0232. The van der Waals surface area contributed by atoms with Crippen molar-refractivity contribution >= 4 is 5.91 Å². The quantitative estimate of drug-likeness (QED) is 0.839. The average Bonchev–Trinajstić information content (AvgIpc) is 2.92. The van der Waals surface area contributed by atoms with Gasteiger partial charge < -0.3 is 14.8 Å². The van der Waals surface area contributed by atoms with E-state index in [1.165, 1.54) is 0 Å². The molecule has 0 radical (unpaired) electrons. The minimum Gasteiger partial charge on any atom is -0.486 e. The van der Waals surface area contributed by atoms with Gasteiger partial charge in [0.25, 0.3) is 0 Å². The van der Waals surface area contributed by atoms with Gasteiger partial charge in [-0.2, -0.15) is 5.10 Å². The van der Waals surface area contributed by atoms with Gasteiger partial charge in [-0.3, -0.25) is 9.48 Å². The lowest BCUT2D eigenvalue weighted by Crippen LogP contribution is -2.34. The lowest BCUT2D eigenvalue weighted by atomic mass is 10.2. The summed E-state index contributed by atoms with van der Waals surface area (Å²) in [7, 11) is 0. The van der Waals surface area contributed by atoms with E-state index in [0.29, 0.717) is 19.6 Å². The monoisotopic (exact) mass is 343 g/mol. The molecule has 6 heteroatoms. The van der Waals surface area contributed by atoms with Gasteiger partial charge in [0.1, 0.15) is 12.7 Å². The average molecular weight is 343 g/mol. The standard InChI is InChI=1S/C19H25N3O3/c1-14-12-15(2)22(21-14)11-5-8-19(23)20-10-9-16-13-24-17-6-3-4-7-18(17)25-16/h3-4,6-7,12,16H,5,8-11,13H2,1-2H3,(H,20,23). The van der Waals surface area contributed by atoms with Crippen molar-refractivity contribution in [3.63, 3.8) is 0 Å². The fourth-order valence-corrected chi connectivity index (χ4v) is 2.96. The maximum Gasteiger partial charge on any atom is 0.220 e. The number of carbonyl (C=O) groups excluding carboxylic acids is 1. The van der Waals surface area contributed by atoms with Crippen molar-refractivity contribution in [2.24, 2.45) is 0 Å². The number of nitrogens with one attached hydrogen (secondary N) is 1. The van der Waals surface area contributed by atoms with Crippen LogP contribution >= 0.6 is 0 Å². The molecule has 1 aromatic carbocycles. The number of fused-ring (bicyclic) bond motifs is 1. The van der Waals surface area contributed by atoms with E-state index in [0.717, 1.165) is 42.3 Å². The van der Waals surface area contributed by atoms with E-state index in [1.54, 1.807) is 0 Å². The third kappa shape index (κ3) is 4.75. The molecule has 2 heterocycles. The summed E-state index contributed by atoms with van der Waals surface area (Å²) >= 11 is 0. The van der Waals surface area contributed by atoms with Crippen molar-refractivity contribution in [1.29, 1.82) is 0 Å². The lowest BCUT2D eigenvalue weighted by Gasteiger charge is -2.26. The Hall–Kier alpha value is -2.50. The van der Waals surface area contributed by atoms with Crippen LogP contribution in [0.4, 0.5) is 0 Å². The number of amides is 1. The van der Waals surface area contributed by atoms with Crippen LogP contribution in [0.15, 0.2) is 30.3 Å². The zero-order chi connectivity index (χ0) is 17.6. The highest BCUT2D eigenvalue weighted by Crippen LogP contribution is 2.31. The molecule has 0 spiro atoms. The number of rotatable bonds is 7. The summed E-state index contributed by atoms with van der Waals surface area (Å²) in [6.45, 7) is 5.89. The number of aryl methyl sites for hydroxylation is 3. The second-order valence-corrected chi connectivity index (χ2v) is 6.39. The number of hydrogen-bond acceptors (Lipinski definition) is 4. The predicted octanol–water partition coefficient (Wildman–Crippen LogP) is 2.63. The van der Waals surface area contributed by atoms with Crippen LogP contribution in [0.5, 0.6) is 11.5 Å². The molecule has 1 atom stereocenters. The smallest absolute Gasteiger partial charge is 0.220 e. The van der Waals surface area contributed by atoms with Crippen LogP contribution in [0.1, 0.15) is 30.7 Å².